The van der Waals surface area contributed by atoms with Gasteiger partial charge in [0.05, 0.1) is 5.75 Å². The van der Waals surface area contributed by atoms with Crippen LogP contribution in [0.15, 0.2) is 24.3 Å². The lowest BCUT2D eigenvalue weighted by Gasteiger charge is -2.39. The molecule has 2 rings (SSSR count). The lowest BCUT2D eigenvalue weighted by atomic mass is 9.77. The maximum Gasteiger partial charge on any atom is 0.218 e. The van der Waals surface area contributed by atoms with E-state index in [2.05, 4.69) is 0 Å². The summed E-state index contributed by atoms with van der Waals surface area (Å²) >= 11 is 0. The van der Waals surface area contributed by atoms with Crippen molar-refractivity contribution in [1.82, 2.24) is 4.31 Å². The first-order valence-corrected chi connectivity index (χ1v) is 8.85. The average molecular weight is 315 g/mol. The van der Waals surface area contributed by atoms with Crippen LogP contribution >= 0.6 is 0 Å². The Morgan fingerprint density at radius 2 is 2.00 bits per heavy atom. The van der Waals surface area contributed by atoms with Crippen LogP contribution < -0.4 is 0 Å². The smallest absolute Gasteiger partial charge is 0.218 e. The predicted octanol–water partition coefficient (Wildman–Crippen LogP) is 2.14. The number of halogens is 1. The third kappa shape index (κ3) is 3.81. The molecule has 1 heterocycles. The van der Waals surface area contributed by atoms with E-state index in [0.29, 0.717) is 31.5 Å². The predicted molar refractivity (Wildman–Crippen MR) is 79.6 cm³/mol. The molecule has 1 aliphatic heterocycles. The molecule has 1 N–H and O–H groups in total. The summed E-state index contributed by atoms with van der Waals surface area (Å²) < 4.78 is 39.4. The van der Waals surface area contributed by atoms with E-state index in [-0.39, 0.29) is 17.8 Å². The fraction of sp³-hybridized carbons (Fsp3) is 0.600. The maximum absolute atomic E-state index is 13.1. The lowest BCUT2D eigenvalue weighted by Crippen LogP contribution is -2.44. The SMILES string of the molecule is CCC1(CO)CCN(S(=O)(=O)Cc2cccc(F)c2)CC1. The molecule has 1 aromatic rings. The van der Waals surface area contributed by atoms with Gasteiger partial charge in [-0.05, 0) is 42.4 Å². The Balaban J connectivity index is 2.05. The second-order valence-electron chi connectivity index (χ2n) is 5.80. The van der Waals surface area contributed by atoms with Crippen LogP contribution in [0.5, 0.6) is 0 Å². The van der Waals surface area contributed by atoms with Crippen molar-refractivity contribution in [2.75, 3.05) is 19.7 Å². The molecule has 0 aromatic heterocycles. The van der Waals surface area contributed by atoms with Crippen molar-refractivity contribution < 1.29 is 17.9 Å². The highest BCUT2D eigenvalue weighted by molar-refractivity contribution is 7.88. The minimum Gasteiger partial charge on any atom is -0.396 e. The molecule has 118 valence electrons. The highest BCUT2D eigenvalue weighted by Gasteiger charge is 2.36. The summed E-state index contributed by atoms with van der Waals surface area (Å²) in [5, 5.41) is 9.49. The van der Waals surface area contributed by atoms with Crippen LogP contribution in [0.4, 0.5) is 4.39 Å². The standard InChI is InChI=1S/C15H22FNO3S/c1-2-15(12-18)6-8-17(9-7-15)21(19,20)11-13-4-3-5-14(16)10-13/h3-5,10,18H,2,6-9,11-12H2,1H3. The number of aliphatic hydroxyl groups is 1. The average Bonchev–Trinajstić information content (AvgIpc) is 2.47. The van der Waals surface area contributed by atoms with Gasteiger partial charge in [-0.15, -0.1) is 0 Å². The van der Waals surface area contributed by atoms with Gasteiger partial charge < -0.3 is 5.11 Å². The van der Waals surface area contributed by atoms with E-state index in [4.69, 9.17) is 0 Å². The van der Waals surface area contributed by atoms with Crippen LogP contribution in [-0.2, 0) is 15.8 Å². The number of benzene rings is 1. The number of hydrogen-bond acceptors (Lipinski definition) is 3. The van der Waals surface area contributed by atoms with Gasteiger partial charge in [0.2, 0.25) is 10.0 Å². The number of aliphatic hydroxyl groups excluding tert-OH is 1. The van der Waals surface area contributed by atoms with Crippen molar-refractivity contribution in [3.05, 3.63) is 35.6 Å². The monoisotopic (exact) mass is 315 g/mol. The zero-order chi connectivity index (χ0) is 15.5. The first-order valence-electron chi connectivity index (χ1n) is 7.24. The molecule has 1 aliphatic rings. The molecule has 21 heavy (non-hydrogen) atoms. The summed E-state index contributed by atoms with van der Waals surface area (Å²) in [7, 11) is -3.43. The molecule has 4 nitrogen and oxygen atoms in total. The zero-order valence-electron chi connectivity index (χ0n) is 12.3. The van der Waals surface area contributed by atoms with E-state index < -0.39 is 15.8 Å². The van der Waals surface area contributed by atoms with Crippen LogP contribution in [0.25, 0.3) is 0 Å². The molecular formula is C15H22FNO3S. The molecule has 6 heteroatoms. The quantitative estimate of drug-likeness (QED) is 0.905. The lowest BCUT2D eigenvalue weighted by molar-refractivity contribution is 0.0647. The number of nitrogens with zero attached hydrogens (tertiary/aromatic N) is 1. The number of rotatable bonds is 5. The van der Waals surface area contributed by atoms with Crippen LogP contribution in [0, 0.1) is 11.2 Å². The molecule has 0 saturated carbocycles. The Bertz CT molecular complexity index is 574. The molecule has 1 saturated heterocycles. The van der Waals surface area contributed by atoms with E-state index >= 15 is 0 Å². The number of sulfonamides is 1. The third-order valence-corrected chi connectivity index (χ3v) is 6.35. The number of piperidine rings is 1. The van der Waals surface area contributed by atoms with Crippen molar-refractivity contribution in [2.45, 2.75) is 31.9 Å². The normalized spacial score (nSPS) is 19.6. The van der Waals surface area contributed by atoms with Crippen LogP contribution in [0.3, 0.4) is 0 Å². The molecule has 0 aliphatic carbocycles. The highest BCUT2D eigenvalue weighted by atomic mass is 32.2. The molecule has 0 radical (unpaired) electrons. The van der Waals surface area contributed by atoms with Crippen molar-refractivity contribution in [3.8, 4) is 0 Å². The summed E-state index contributed by atoms with van der Waals surface area (Å²) in [5.74, 6) is -0.602. The molecule has 0 bridgehead atoms. The van der Waals surface area contributed by atoms with E-state index in [1.54, 1.807) is 6.07 Å². The summed E-state index contributed by atoms with van der Waals surface area (Å²) in [5.41, 5.74) is 0.315. The fourth-order valence-electron chi connectivity index (χ4n) is 2.79. The summed E-state index contributed by atoms with van der Waals surface area (Å²) in [6.07, 6.45) is 2.19. The van der Waals surface area contributed by atoms with E-state index in [1.165, 1.54) is 22.5 Å². The third-order valence-electron chi connectivity index (χ3n) is 4.50. The van der Waals surface area contributed by atoms with Gasteiger partial charge in [0, 0.05) is 19.7 Å². The minimum absolute atomic E-state index is 0.0985. The van der Waals surface area contributed by atoms with Crippen LogP contribution in [0.2, 0.25) is 0 Å². The molecule has 0 unspecified atom stereocenters. The Kier molecular flexibility index (Phi) is 5.01. The summed E-state index contributed by atoms with van der Waals surface area (Å²) in [6, 6.07) is 5.69. The Morgan fingerprint density at radius 3 is 2.52 bits per heavy atom. The second kappa shape index (κ2) is 6.42. The molecule has 1 fully saturated rings. The molecule has 0 amide bonds. The van der Waals surface area contributed by atoms with Crippen molar-refractivity contribution in [1.29, 1.82) is 0 Å². The zero-order valence-corrected chi connectivity index (χ0v) is 13.1. The first-order chi connectivity index (χ1) is 9.91. The second-order valence-corrected chi connectivity index (χ2v) is 7.77. The van der Waals surface area contributed by atoms with Gasteiger partial charge >= 0.3 is 0 Å². The van der Waals surface area contributed by atoms with Crippen molar-refractivity contribution in [3.63, 3.8) is 0 Å². The van der Waals surface area contributed by atoms with Gasteiger partial charge in [-0.25, -0.2) is 17.1 Å². The summed E-state index contributed by atoms with van der Waals surface area (Å²) in [6.45, 7) is 2.96. The van der Waals surface area contributed by atoms with Gasteiger partial charge in [-0.1, -0.05) is 19.1 Å². The van der Waals surface area contributed by atoms with Crippen molar-refractivity contribution >= 4 is 10.0 Å². The number of hydrogen-bond donors (Lipinski definition) is 1. The van der Waals surface area contributed by atoms with Crippen LogP contribution in [0.1, 0.15) is 31.7 Å². The molecule has 0 spiro atoms. The Morgan fingerprint density at radius 1 is 1.33 bits per heavy atom. The van der Waals surface area contributed by atoms with Gasteiger partial charge in [0.1, 0.15) is 5.82 Å². The van der Waals surface area contributed by atoms with Crippen molar-refractivity contribution in [2.24, 2.45) is 5.41 Å². The van der Waals surface area contributed by atoms with Gasteiger partial charge in [0.25, 0.3) is 0 Å². The topological polar surface area (TPSA) is 57.6 Å². The molecule has 0 atom stereocenters. The van der Waals surface area contributed by atoms with E-state index in [0.717, 1.165) is 6.42 Å². The largest absolute Gasteiger partial charge is 0.396 e. The first kappa shape index (κ1) is 16.4. The highest BCUT2D eigenvalue weighted by Crippen LogP contribution is 2.35. The van der Waals surface area contributed by atoms with Gasteiger partial charge in [-0.3, -0.25) is 0 Å². The van der Waals surface area contributed by atoms with E-state index in [1.807, 2.05) is 6.92 Å². The Hall–Kier alpha value is -0.980. The molecular weight excluding hydrogens is 293 g/mol. The van der Waals surface area contributed by atoms with Crippen LogP contribution in [-0.4, -0.2) is 37.5 Å². The fourth-order valence-corrected chi connectivity index (χ4v) is 4.31. The van der Waals surface area contributed by atoms with Gasteiger partial charge in [-0.2, -0.15) is 0 Å². The minimum atomic E-state index is -3.43. The molecule has 1 aromatic carbocycles. The maximum atomic E-state index is 13.1. The van der Waals surface area contributed by atoms with E-state index in [9.17, 15) is 17.9 Å². The van der Waals surface area contributed by atoms with Gasteiger partial charge in [0.15, 0.2) is 0 Å². The Labute approximate surface area is 125 Å². The summed E-state index contributed by atoms with van der Waals surface area (Å²) in [4.78, 5) is 0.